The predicted octanol–water partition coefficient (Wildman–Crippen LogP) is 4.28. The molecule has 106 valence electrons. The van der Waals surface area contributed by atoms with E-state index in [2.05, 4.69) is 31.1 Å². The molecule has 1 heterocycles. The zero-order valence-electron chi connectivity index (χ0n) is 11.7. The Hall–Kier alpha value is -1.39. The number of nitrogens with one attached hydrogen (secondary N) is 1. The molecule has 1 amide bonds. The van der Waals surface area contributed by atoms with Crippen molar-refractivity contribution >= 4 is 34.0 Å². The standard InChI is InChI=1S/C15H17ClN2OS/c1-15(2,3)12-9-20-14(17-12)18-13(19)8-10-6-4-5-7-11(10)16/h4-7,9H,8H2,1-3H3,(H,17,18,19). The number of nitrogens with zero attached hydrogens (tertiary/aromatic N) is 1. The largest absolute Gasteiger partial charge is 0.302 e. The van der Waals surface area contributed by atoms with Crippen LogP contribution < -0.4 is 5.32 Å². The fourth-order valence-corrected chi connectivity index (χ4v) is 2.81. The number of thiazole rings is 1. The monoisotopic (exact) mass is 308 g/mol. The van der Waals surface area contributed by atoms with Crippen molar-refractivity contribution in [3.05, 3.63) is 45.9 Å². The van der Waals surface area contributed by atoms with Crippen LogP contribution in [0.1, 0.15) is 32.0 Å². The lowest BCUT2D eigenvalue weighted by atomic mass is 9.93. The van der Waals surface area contributed by atoms with E-state index < -0.39 is 0 Å². The summed E-state index contributed by atoms with van der Waals surface area (Å²) in [6.07, 6.45) is 0.254. The van der Waals surface area contributed by atoms with Crippen LogP contribution >= 0.6 is 22.9 Å². The van der Waals surface area contributed by atoms with Gasteiger partial charge in [0.2, 0.25) is 5.91 Å². The van der Waals surface area contributed by atoms with Gasteiger partial charge in [-0.15, -0.1) is 11.3 Å². The van der Waals surface area contributed by atoms with Crippen molar-refractivity contribution in [2.45, 2.75) is 32.6 Å². The summed E-state index contributed by atoms with van der Waals surface area (Å²) in [6, 6.07) is 7.35. The minimum Gasteiger partial charge on any atom is -0.302 e. The van der Waals surface area contributed by atoms with Gasteiger partial charge in [0.05, 0.1) is 12.1 Å². The topological polar surface area (TPSA) is 42.0 Å². The Morgan fingerprint density at radius 3 is 2.65 bits per heavy atom. The molecule has 2 aromatic rings. The number of hydrogen-bond donors (Lipinski definition) is 1. The van der Waals surface area contributed by atoms with Crippen molar-refractivity contribution in [1.29, 1.82) is 0 Å². The van der Waals surface area contributed by atoms with Gasteiger partial charge in [0.25, 0.3) is 0 Å². The Kier molecular flexibility index (Phi) is 4.45. The molecule has 0 aliphatic heterocycles. The molecule has 0 bridgehead atoms. The summed E-state index contributed by atoms with van der Waals surface area (Å²) < 4.78 is 0. The summed E-state index contributed by atoms with van der Waals surface area (Å²) in [6.45, 7) is 6.28. The second-order valence-corrected chi connectivity index (χ2v) is 6.87. The van der Waals surface area contributed by atoms with Gasteiger partial charge in [-0.2, -0.15) is 0 Å². The first-order chi connectivity index (χ1) is 9.36. The molecular formula is C15H17ClN2OS. The molecule has 0 atom stereocenters. The number of amides is 1. The van der Waals surface area contributed by atoms with Crippen LogP contribution in [0.5, 0.6) is 0 Å². The van der Waals surface area contributed by atoms with Crippen LogP contribution in [-0.2, 0) is 16.6 Å². The average molecular weight is 309 g/mol. The Morgan fingerprint density at radius 1 is 1.35 bits per heavy atom. The number of carbonyl (C=O) groups is 1. The van der Waals surface area contributed by atoms with E-state index in [0.717, 1.165) is 11.3 Å². The molecule has 0 aliphatic rings. The van der Waals surface area contributed by atoms with Crippen LogP contribution in [0.15, 0.2) is 29.6 Å². The normalized spacial score (nSPS) is 11.4. The van der Waals surface area contributed by atoms with Gasteiger partial charge in [-0.1, -0.05) is 50.6 Å². The lowest BCUT2D eigenvalue weighted by molar-refractivity contribution is -0.115. The van der Waals surface area contributed by atoms with Crippen molar-refractivity contribution in [1.82, 2.24) is 4.98 Å². The van der Waals surface area contributed by atoms with E-state index >= 15 is 0 Å². The maximum Gasteiger partial charge on any atom is 0.230 e. The lowest BCUT2D eigenvalue weighted by Crippen LogP contribution is -2.16. The summed E-state index contributed by atoms with van der Waals surface area (Å²) in [5.74, 6) is -0.104. The third kappa shape index (κ3) is 3.81. The van der Waals surface area contributed by atoms with Crippen molar-refractivity contribution in [2.24, 2.45) is 0 Å². The third-order valence-electron chi connectivity index (χ3n) is 2.83. The van der Waals surface area contributed by atoms with Crippen LogP contribution in [0.25, 0.3) is 0 Å². The number of halogens is 1. The molecule has 0 unspecified atom stereocenters. The van der Waals surface area contributed by atoms with E-state index in [-0.39, 0.29) is 17.7 Å². The molecule has 0 spiro atoms. The van der Waals surface area contributed by atoms with E-state index in [4.69, 9.17) is 11.6 Å². The van der Waals surface area contributed by atoms with E-state index in [1.807, 2.05) is 23.6 Å². The molecule has 0 saturated carbocycles. The van der Waals surface area contributed by atoms with E-state index in [1.54, 1.807) is 6.07 Å². The molecule has 2 rings (SSSR count). The SMILES string of the molecule is CC(C)(C)c1csc(NC(=O)Cc2ccccc2Cl)n1. The number of aromatic nitrogens is 1. The van der Waals surface area contributed by atoms with Crippen molar-refractivity contribution in [3.8, 4) is 0 Å². The highest BCUT2D eigenvalue weighted by atomic mass is 35.5. The molecule has 20 heavy (non-hydrogen) atoms. The predicted molar refractivity (Wildman–Crippen MR) is 84.6 cm³/mol. The summed E-state index contributed by atoms with van der Waals surface area (Å²) in [5, 5.41) is 6.04. The second-order valence-electron chi connectivity index (χ2n) is 5.60. The second kappa shape index (κ2) is 5.94. The van der Waals surface area contributed by atoms with Gasteiger partial charge in [0.15, 0.2) is 5.13 Å². The molecule has 1 N–H and O–H groups in total. The fraction of sp³-hybridized carbons (Fsp3) is 0.333. The van der Waals surface area contributed by atoms with E-state index in [9.17, 15) is 4.79 Å². The van der Waals surface area contributed by atoms with Crippen LogP contribution in [0.3, 0.4) is 0 Å². The highest BCUT2D eigenvalue weighted by Gasteiger charge is 2.18. The minimum atomic E-state index is -0.104. The molecule has 5 heteroatoms. The highest BCUT2D eigenvalue weighted by molar-refractivity contribution is 7.13. The molecule has 0 aliphatic carbocycles. The molecule has 0 radical (unpaired) electrons. The van der Waals surface area contributed by atoms with Gasteiger partial charge in [-0.3, -0.25) is 4.79 Å². The Balaban J connectivity index is 2.02. The number of benzene rings is 1. The molecule has 3 nitrogen and oxygen atoms in total. The van der Waals surface area contributed by atoms with Crippen LogP contribution in [0.4, 0.5) is 5.13 Å². The minimum absolute atomic E-state index is 0.0117. The average Bonchev–Trinajstić information content (AvgIpc) is 2.80. The molecule has 1 aromatic heterocycles. The van der Waals surface area contributed by atoms with Gasteiger partial charge >= 0.3 is 0 Å². The van der Waals surface area contributed by atoms with Gasteiger partial charge in [0, 0.05) is 15.8 Å². The molecule has 0 fully saturated rings. The first-order valence-corrected chi connectivity index (χ1v) is 7.61. The summed E-state index contributed by atoms with van der Waals surface area (Å²) >= 11 is 7.49. The third-order valence-corrected chi connectivity index (χ3v) is 3.95. The zero-order valence-corrected chi connectivity index (χ0v) is 13.3. The molecule has 1 aromatic carbocycles. The Bertz CT molecular complexity index is 616. The lowest BCUT2D eigenvalue weighted by Gasteiger charge is -2.14. The first-order valence-electron chi connectivity index (χ1n) is 6.35. The number of anilines is 1. The summed E-state index contributed by atoms with van der Waals surface area (Å²) in [4.78, 5) is 16.4. The first kappa shape index (κ1) is 15.0. The van der Waals surface area contributed by atoms with Crippen molar-refractivity contribution in [2.75, 3.05) is 5.32 Å². The van der Waals surface area contributed by atoms with Crippen LogP contribution in [-0.4, -0.2) is 10.9 Å². The number of carbonyl (C=O) groups excluding carboxylic acids is 1. The zero-order chi connectivity index (χ0) is 14.8. The fourth-order valence-electron chi connectivity index (χ4n) is 1.65. The van der Waals surface area contributed by atoms with E-state index in [0.29, 0.717) is 10.2 Å². The number of rotatable bonds is 3. The highest BCUT2D eigenvalue weighted by Crippen LogP contribution is 2.26. The smallest absolute Gasteiger partial charge is 0.230 e. The van der Waals surface area contributed by atoms with E-state index in [1.165, 1.54) is 11.3 Å². The van der Waals surface area contributed by atoms with Crippen molar-refractivity contribution < 1.29 is 4.79 Å². The van der Waals surface area contributed by atoms with Crippen molar-refractivity contribution in [3.63, 3.8) is 0 Å². The van der Waals surface area contributed by atoms with Crippen LogP contribution in [0.2, 0.25) is 5.02 Å². The Morgan fingerprint density at radius 2 is 2.05 bits per heavy atom. The summed E-state index contributed by atoms with van der Waals surface area (Å²) in [7, 11) is 0. The molecular weight excluding hydrogens is 292 g/mol. The molecule has 0 saturated heterocycles. The van der Waals surface area contributed by atoms with Gasteiger partial charge < -0.3 is 5.32 Å². The van der Waals surface area contributed by atoms with Crippen LogP contribution in [0, 0.1) is 0 Å². The quantitative estimate of drug-likeness (QED) is 0.919. The summed E-state index contributed by atoms with van der Waals surface area (Å²) in [5.41, 5.74) is 1.79. The van der Waals surface area contributed by atoms with Gasteiger partial charge in [0.1, 0.15) is 0 Å². The van der Waals surface area contributed by atoms with Gasteiger partial charge in [-0.25, -0.2) is 4.98 Å². The Labute approximate surface area is 128 Å². The maximum absolute atomic E-state index is 12.0. The number of hydrogen-bond acceptors (Lipinski definition) is 3. The maximum atomic E-state index is 12.0. The van der Waals surface area contributed by atoms with Gasteiger partial charge in [-0.05, 0) is 11.6 Å².